The van der Waals surface area contributed by atoms with E-state index in [1.807, 2.05) is 38.1 Å². The maximum Gasteiger partial charge on any atom is 0.260 e. The van der Waals surface area contributed by atoms with E-state index < -0.39 is 0 Å². The third-order valence-corrected chi connectivity index (χ3v) is 6.46. The summed E-state index contributed by atoms with van der Waals surface area (Å²) >= 11 is 6.73. The molecule has 1 aliphatic rings. The van der Waals surface area contributed by atoms with E-state index >= 15 is 0 Å². The predicted molar refractivity (Wildman–Crippen MR) is 141 cm³/mol. The molecule has 4 aromatic rings. The van der Waals surface area contributed by atoms with Crippen LogP contribution in [0.4, 0.5) is 5.95 Å². The summed E-state index contributed by atoms with van der Waals surface area (Å²) in [6.45, 7) is 7.29. The highest BCUT2D eigenvalue weighted by atomic mass is 35.5. The van der Waals surface area contributed by atoms with E-state index in [-0.39, 0.29) is 11.7 Å². The first-order chi connectivity index (χ1) is 17.5. The van der Waals surface area contributed by atoms with Crippen molar-refractivity contribution in [3.05, 3.63) is 63.9 Å². The minimum Gasteiger partial charge on any atom is -0.376 e. The van der Waals surface area contributed by atoms with Crippen LogP contribution in [0, 0.1) is 6.92 Å². The number of pyridine rings is 1. The zero-order chi connectivity index (χ0) is 25.1. The first-order valence-electron chi connectivity index (χ1n) is 12.1. The van der Waals surface area contributed by atoms with E-state index in [0.717, 1.165) is 35.4 Å². The molecule has 36 heavy (non-hydrogen) atoms. The number of ether oxygens (including phenoxy) is 1. The third kappa shape index (κ3) is 5.09. The Morgan fingerprint density at radius 3 is 2.83 bits per heavy atom. The van der Waals surface area contributed by atoms with Crippen molar-refractivity contribution in [1.29, 1.82) is 0 Å². The largest absolute Gasteiger partial charge is 0.376 e. The summed E-state index contributed by atoms with van der Waals surface area (Å²) in [6, 6.07) is 7.40. The smallest absolute Gasteiger partial charge is 0.260 e. The summed E-state index contributed by atoms with van der Waals surface area (Å²) in [5, 5.41) is 7.69. The molecule has 9 nitrogen and oxygen atoms in total. The SMILES string of the molecule is CCNc1ncc2cc(-c3ccc(-c4cncc(C)n4)cc3Cl)c(=O)n(CC[C@H]3CNCCO3)c2n1. The molecule has 5 rings (SSSR count). The monoisotopic (exact) mass is 505 g/mol. The van der Waals surface area contributed by atoms with Crippen LogP contribution in [0.1, 0.15) is 19.0 Å². The van der Waals surface area contributed by atoms with E-state index in [9.17, 15) is 4.79 Å². The normalized spacial score (nSPS) is 15.8. The van der Waals surface area contributed by atoms with E-state index in [1.165, 1.54) is 0 Å². The highest BCUT2D eigenvalue weighted by molar-refractivity contribution is 6.33. The van der Waals surface area contributed by atoms with Gasteiger partial charge in [-0.1, -0.05) is 23.7 Å². The molecule has 1 aromatic carbocycles. The van der Waals surface area contributed by atoms with E-state index in [2.05, 4.69) is 30.6 Å². The Balaban J connectivity index is 1.58. The van der Waals surface area contributed by atoms with Gasteiger partial charge in [0.2, 0.25) is 5.95 Å². The minimum atomic E-state index is -0.155. The lowest BCUT2D eigenvalue weighted by atomic mass is 10.0. The number of halogens is 1. The van der Waals surface area contributed by atoms with Gasteiger partial charge < -0.3 is 15.4 Å². The van der Waals surface area contributed by atoms with Gasteiger partial charge in [0.25, 0.3) is 5.56 Å². The molecule has 0 bridgehead atoms. The Morgan fingerprint density at radius 1 is 1.19 bits per heavy atom. The molecule has 1 saturated heterocycles. The molecule has 1 aliphatic heterocycles. The average Bonchev–Trinajstić information content (AvgIpc) is 2.89. The molecule has 0 spiro atoms. The number of aromatic nitrogens is 5. The molecule has 1 atom stereocenters. The Kier molecular flexibility index (Phi) is 7.22. The fourth-order valence-electron chi connectivity index (χ4n) is 4.38. The van der Waals surface area contributed by atoms with Crippen molar-refractivity contribution in [2.75, 3.05) is 31.6 Å². The van der Waals surface area contributed by atoms with Gasteiger partial charge >= 0.3 is 0 Å². The van der Waals surface area contributed by atoms with Gasteiger partial charge in [-0.15, -0.1) is 0 Å². The summed E-state index contributed by atoms with van der Waals surface area (Å²) in [6.07, 6.45) is 5.86. The van der Waals surface area contributed by atoms with Crippen LogP contribution in [0.25, 0.3) is 33.4 Å². The number of nitrogens with zero attached hydrogens (tertiary/aromatic N) is 5. The Morgan fingerprint density at radius 2 is 2.08 bits per heavy atom. The van der Waals surface area contributed by atoms with Crippen LogP contribution in [0.5, 0.6) is 0 Å². The third-order valence-electron chi connectivity index (χ3n) is 6.15. The van der Waals surface area contributed by atoms with Crippen LogP contribution in [-0.4, -0.2) is 56.8 Å². The summed E-state index contributed by atoms with van der Waals surface area (Å²) in [4.78, 5) is 31.6. The first-order valence-corrected chi connectivity index (χ1v) is 12.5. The summed E-state index contributed by atoms with van der Waals surface area (Å²) in [5.74, 6) is 0.489. The molecule has 0 amide bonds. The number of anilines is 1. The quantitative estimate of drug-likeness (QED) is 0.391. The van der Waals surface area contributed by atoms with Crippen molar-refractivity contribution in [3.63, 3.8) is 0 Å². The molecule has 4 heterocycles. The van der Waals surface area contributed by atoms with Crippen molar-refractivity contribution in [1.82, 2.24) is 29.8 Å². The first kappa shape index (κ1) is 24.3. The van der Waals surface area contributed by atoms with Crippen molar-refractivity contribution in [3.8, 4) is 22.4 Å². The number of aryl methyl sites for hydroxylation is 2. The molecule has 0 unspecified atom stereocenters. The highest BCUT2D eigenvalue weighted by Crippen LogP contribution is 2.31. The molecule has 1 fully saturated rings. The Labute approximate surface area is 213 Å². The molecular weight excluding hydrogens is 478 g/mol. The summed E-state index contributed by atoms with van der Waals surface area (Å²) in [7, 11) is 0. The fourth-order valence-corrected chi connectivity index (χ4v) is 4.66. The van der Waals surface area contributed by atoms with E-state index in [4.69, 9.17) is 16.3 Å². The van der Waals surface area contributed by atoms with Crippen molar-refractivity contribution >= 4 is 28.6 Å². The van der Waals surface area contributed by atoms with Gasteiger partial charge in [0, 0.05) is 65.7 Å². The van der Waals surface area contributed by atoms with Gasteiger partial charge in [-0.2, -0.15) is 4.98 Å². The number of benzene rings is 1. The summed E-state index contributed by atoms with van der Waals surface area (Å²) < 4.78 is 7.57. The van der Waals surface area contributed by atoms with E-state index in [0.29, 0.717) is 53.9 Å². The van der Waals surface area contributed by atoms with Gasteiger partial charge in [-0.05, 0) is 32.4 Å². The molecule has 0 saturated carbocycles. The zero-order valence-corrected chi connectivity index (χ0v) is 21.0. The number of fused-ring (bicyclic) bond motifs is 1. The van der Waals surface area contributed by atoms with Crippen molar-refractivity contribution in [2.45, 2.75) is 32.9 Å². The zero-order valence-electron chi connectivity index (χ0n) is 20.3. The van der Waals surface area contributed by atoms with Gasteiger partial charge in [0.1, 0.15) is 5.65 Å². The van der Waals surface area contributed by atoms with Crippen LogP contribution < -0.4 is 16.2 Å². The number of hydrogen-bond donors (Lipinski definition) is 2. The number of hydrogen-bond acceptors (Lipinski definition) is 8. The van der Waals surface area contributed by atoms with E-state index in [1.54, 1.807) is 23.2 Å². The molecule has 186 valence electrons. The second-order valence-corrected chi connectivity index (χ2v) is 9.15. The lowest BCUT2D eigenvalue weighted by Gasteiger charge is -2.24. The van der Waals surface area contributed by atoms with Gasteiger partial charge in [0.05, 0.1) is 30.3 Å². The highest BCUT2D eigenvalue weighted by Gasteiger charge is 2.19. The van der Waals surface area contributed by atoms with Crippen LogP contribution >= 0.6 is 11.6 Å². The van der Waals surface area contributed by atoms with Crippen LogP contribution in [-0.2, 0) is 11.3 Å². The number of morpholine rings is 1. The molecule has 2 N–H and O–H groups in total. The number of nitrogens with one attached hydrogen (secondary N) is 2. The van der Waals surface area contributed by atoms with Gasteiger partial charge in [0.15, 0.2) is 0 Å². The summed E-state index contributed by atoms with van der Waals surface area (Å²) in [5.41, 5.74) is 3.95. The topological polar surface area (TPSA) is 107 Å². The van der Waals surface area contributed by atoms with Crippen LogP contribution in [0.2, 0.25) is 5.02 Å². The number of rotatable bonds is 7. The molecule has 0 aliphatic carbocycles. The average molecular weight is 506 g/mol. The standard InChI is InChI=1S/C26H28ClN7O2/c1-3-30-26-31-13-18-10-21(20-5-4-17(11-22(20)27)23-15-29-12-16(2)32-23)25(35)34(24(18)33-26)8-6-19-14-28-7-9-36-19/h4-5,10-13,15,19,28H,3,6-9,14H2,1-2H3,(H,30,31,33)/t19-/m0/s1. The van der Waals surface area contributed by atoms with Crippen molar-refractivity contribution < 1.29 is 4.74 Å². The molecule has 10 heteroatoms. The van der Waals surface area contributed by atoms with Crippen molar-refractivity contribution in [2.24, 2.45) is 0 Å². The van der Waals surface area contributed by atoms with Crippen LogP contribution in [0.15, 0.2) is 47.7 Å². The molecule has 3 aromatic heterocycles. The molecular formula is C26H28ClN7O2. The maximum atomic E-state index is 13.8. The van der Waals surface area contributed by atoms with Crippen LogP contribution in [0.3, 0.4) is 0 Å². The fraction of sp³-hybridized carbons (Fsp3) is 0.346. The Hall–Kier alpha value is -3.40. The lowest BCUT2D eigenvalue weighted by molar-refractivity contribution is 0.0211. The van der Waals surface area contributed by atoms with Gasteiger partial charge in [-0.25, -0.2) is 9.97 Å². The maximum absolute atomic E-state index is 13.8. The second kappa shape index (κ2) is 10.7. The lowest BCUT2D eigenvalue weighted by Crippen LogP contribution is -2.39. The Bertz CT molecular complexity index is 1450. The minimum absolute atomic E-state index is 0.0396. The molecule has 0 radical (unpaired) electrons. The second-order valence-electron chi connectivity index (χ2n) is 8.74. The van der Waals surface area contributed by atoms with Gasteiger partial charge in [-0.3, -0.25) is 14.3 Å². The predicted octanol–water partition coefficient (Wildman–Crippen LogP) is 3.69.